The maximum absolute atomic E-state index is 6.19. The van der Waals surface area contributed by atoms with Crippen LogP contribution in [0.15, 0.2) is 46.7 Å². The molecular formula is C18H31N7. The van der Waals surface area contributed by atoms with Gasteiger partial charge in [0.15, 0.2) is 5.96 Å². The van der Waals surface area contributed by atoms with E-state index < -0.39 is 6.17 Å². The average molecular weight is 345 g/mol. The number of nitrogens with two attached hydrogens (primary N) is 3. The first-order chi connectivity index (χ1) is 12.0. The van der Waals surface area contributed by atoms with E-state index in [0.717, 1.165) is 37.9 Å². The van der Waals surface area contributed by atoms with Crippen LogP contribution >= 0.6 is 0 Å². The second-order valence-corrected chi connectivity index (χ2v) is 6.61. The number of nitrogens with zero attached hydrogens (tertiary/aromatic N) is 3. The van der Waals surface area contributed by atoms with Gasteiger partial charge in [-0.2, -0.15) is 4.99 Å². The van der Waals surface area contributed by atoms with Crippen LogP contribution in [0.4, 0.5) is 0 Å². The van der Waals surface area contributed by atoms with Gasteiger partial charge in [-0.15, -0.1) is 0 Å². The van der Waals surface area contributed by atoms with Gasteiger partial charge in [0.25, 0.3) is 0 Å². The molecule has 1 unspecified atom stereocenters. The smallest absolute Gasteiger partial charge is 0.198 e. The minimum Gasteiger partial charge on any atom is -0.402 e. The molecule has 1 aliphatic heterocycles. The summed E-state index contributed by atoms with van der Waals surface area (Å²) in [5.41, 5.74) is 19.1. The summed E-state index contributed by atoms with van der Waals surface area (Å²) >= 11 is 0. The summed E-state index contributed by atoms with van der Waals surface area (Å²) in [7, 11) is 0. The van der Waals surface area contributed by atoms with Crippen LogP contribution in [0, 0.1) is 5.92 Å². The molecule has 1 saturated heterocycles. The van der Waals surface area contributed by atoms with Crippen molar-refractivity contribution in [2.45, 2.75) is 44.8 Å². The Morgan fingerprint density at radius 3 is 2.72 bits per heavy atom. The zero-order valence-electron chi connectivity index (χ0n) is 15.1. The molecule has 0 aromatic carbocycles. The normalized spacial score (nSPS) is 24.0. The molecule has 7 nitrogen and oxygen atoms in total. The van der Waals surface area contributed by atoms with E-state index in [2.05, 4.69) is 33.7 Å². The molecule has 0 bridgehead atoms. The third-order valence-corrected chi connectivity index (χ3v) is 4.41. The Balaban J connectivity index is 2.10. The monoisotopic (exact) mass is 345 g/mol. The van der Waals surface area contributed by atoms with E-state index >= 15 is 0 Å². The Bertz CT molecular complexity index is 572. The first-order valence-corrected chi connectivity index (χ1v) is 8.92. The third-order valence-electron chi connectivity index (χ3n) is 4.41. The highest BCUT2D eigenvalue weighted by Crippen LogP contribution is 2.33. The Labute approximate surface area is 150 Å². The first kappa shape index (κ1) is 19.1. The van der Waals surface area contributed by atoms with Gasteiger partial charge in [-0.25, -0.2) is 4.99 Å². The summed E-state index contributed by atoms with van der Waals surface area (Å²) in [6.45, 7) is 7.15. The lowest BCUT2D eigenvalue weighted by Crippen LogP contribution is -2.40. The predicted octanol–water partition coefficient (Wildman–Crippen LogP) is 1.01. The van der Waals surface area contributed by atoms with Gasteiger partial charge in [0.2, 0.25) is 0 Å². The van der Waals surface area contributed by atoms with Crippen LogP contribution in [0.2, 0.25) is 0 Å². The molecule has 0 amide bonds. The molecule has 2 atom stereocenters. The highest BCUT2D eigenvalue weighted by Gasteiger charge is 2.24. The van der Waals surface area contributed by atoms with Crippen molar-refractivity contribution in [1.29, 1.82) is 0 Å². The fourth-order valence-corrected chi connectivity index (χ4v) is 2.83. The molecule has 25 heavy (non-hydrogen) atoms. The zero-order chi connectivity index (χ0) is 18.2. The van der Waals surface area contributed by atoms with Crippen molar-refractivity contribution >= 4 is 11.8 Å². The lowest BCUT2D eigenvalue weighted by atomic mass is 10.2. The van der Waals surface area contributed by atoms with Gasteiger partial charge >= 0.3 is 0 Å². The lowest BCUT2D eigenvalue weighted by Gasteiger charge is -2.22. The maximum atomic E-state index is 6.19. The lowest BCUT2D eigenvalue weighted by molar-refractivity contribution is 0.410. The SMILES string of the molecule is C=C/C=C\NC/C(N=C(N)N1CCC[C@@H]1C)=N/C(N)/C=C(\N)C1CC1. The summed E-state index contributed by atoms with van der Waals surface area (Å²) in [5, 5.41) is 3.12. The van der Waals surface area contributed by atoms with Gasteiger partial charge in [0.1, 0.15) is 12.0 Å². The van der Waals surface area contributed by atoms with E-state index in [1.54, 1.807) is 24.4 Å². The van der Waals surface area contributed by atoms with E-state index in [-0.39, 0.29) is 0 Å². The van der Waals surface area contributed by atoms with Crippen molar-refractivity contribution < 1.29 is 0 Å². The largest absolute Gasteiger partial charge is 0.402 e. The zero-order valence-corrected chi connectivity index (χ0v) is 15.1. The van der Waals surface area contributed by atoms with Crippen LogP contribution in [0.5, 0.6) is 0 Å². The summed E-state index contributed by atoms with van der Waals surface area (Å²) in [6, 6.07) is 0.401. The highest BCUT2D eigenvalue weighted by atomic mass is 15.3. The molecule has 0 radical (unpaired) electrons. The molecule has 1 heterocycles. The van der Waals surface area contributed by atoms with Crippen LogP contribution in [0.25, 0.3) is 0 Å². The van der Waals surface area contributed by atoms with E-state index in [9.17, 15) is 0 Å². The summed E-state index contributed by atoms with van der Waals surface area (Å²) < 4.78 is 0. The van der Waals surface area contributed by atoms with Crippen LogP contribution in [0.1, 0.15) is 32.6 Å². The van der Waals surface area contributed by atoms with Gasteiger partial charge in [0, 0.05) is 18.3 Å². The molecule has 0 spiro atoms. The molecule has 1 aliphatic carbocycles. The molecule has 2 aliphatic rings. The van der Waals surface area contributed by atoms with Gasteiger partial charge in [-0.3, -0.25) is 0 Å². The van der Waals surface area contributed by atoms with Crippen molar-refractivity contribution in [3.8, 4) is 0 Å². The second-order valence-electron chi connectivity index (χ2n) is 6.61. The van der Waals surface area contributed by atoms with Gasteiger partial charge in [0.05, 0.1) is 6.54 Å². The van der Waals surface area contributed by atoms with Crippen molar-refractivity contribution in [2.24, 2.45) is 33.1 Å². The van der Waals surface area contributed by atoms with E-state index in [4.69, 9.17) is 17.2 Å². The number of allylic oxidation sites excluding steroid dienone is 3. The molecule has 2 fully saturated rings. The maximum Gasteiger partial charge on any atom is 0.198 e. The fraction of sp³-hybridized carbons (Fsp3) is 0.556. The first-order valence-electron chi connectivity index (χ1n) is 8.92. The molecule has 7 N–H and O–H groups in total. The number of rotatable bonds is 7. The van der Waals surface area contributed by atoms with Crippen molar-refractivity contribution in [3.63, 3.8) is 0 Å². The topological polar surface area (TPSA) is 118 Å². The summed E-state index contributed by atoms with van der Waals surface area (Å²) in [6.07, 6.45) is 11.1. The molecule has 7 heteroatoms. The van der Waals surface area contributed by atoms with E-state index in [1.165, 1.54) is 0 Å². The molecule has 0 aromatic rings. The van der Waals surface area contributed by atoms with Crippen molar-refractivity contribution in [3.05, 3.63) is 36.7 Å². The van der Waals surface area contributed by atoms with E-state index in [0.29, 0.717) is 30.3 Å². The van der Waals surface area contributed by atoms with Gasteiger partial charge in [-0.05, 0) is 56.9 Å². The standard InChI is InChI=1S/C18H31N7/c1-3-4-9-22-12-17(23-16(20)11-15(19)14-7-8-14)24-18(21)25-10-5-6-13(25)2/h3-4,9,11,13-14,16,22H,1,5-8,10,12,19-20H2,2H3,(H2,21,23,24)/b9-4-,15-11-/t13-,16?/m0/s1. The van der Waals surface area contributed by atoms with Crippen molar-refractivity contribution in [2.75, 3.05) is 13.1 Å². The van der Waals surface area contributed by atoms with Crippen LogP contribution < -0.4 is 22.5 Å². The molecule has 0 aromatic heterocycles. The number of likely N-dealkylation sites (tertiary alicyclic amines) is 1. The highest BCUT2D eigenvalue weighted by molar-refractivity contribution is 5.96. The quantitative estimate of drug-likeness (QED) is 0.312. The average Bonchev–Trinajstić information content (AvgIpc) is 3.33. The summed E-state index contributed by atoms with van der Waals surface area (Å²) in [5.74, 6) is 1.51. The summed E-state index contributed by atoms with van der Waals surface area (Å²) in [4.78, 5) is 11.1. The third kappa shape index (κ3) is 6.26. The van der Waals surface area contributed by atoms with E-state index in [1.807, 2.05) is 0 Å². The Kier molecular flexibility index (Phi) is 7.06. The van der Waals surface area contributed by atoms with Gasteiger partial charge < -0.3 is 27.4 Å². The number of hydrogen-bond acceptors (Lipinski definition) is 4. The van der Waals surface area contributed by atoms with Crippen LogP contribution in [-0.4, -0.2) is 42.0 Å². The predicted molar refractivity (Wildman–Crippen MR) is 105 cm³/mol. The molecule has 1 saturated carbocycles. The van der Waals surface area contributed by atoms with Crippen molar-refractivity contribution in [1.82, 2.24) is 10.2 Å². The fourth-order valence-electron chi connectivity index (χ4n) is 2.83. The van der Waals surface area contributed by atoms with Crippen LogP contribution in [0.3, 0.4) is 0 Å². The number of hydrogen-bond donors (Lipinski definition) is 4. The number of aliphatic imine (C=N–C) groups is 2. The Morgan fingerprint density at radius 2 is 2.12 bits per heavy atom. The Hall–Kier alpha value is -2.28. The number of nitrogens with one attached hydrogen (secondary N) is 1. The Morgan fingerprint density at radius 1 is 1.36 bits per heavy atom. The van der Waals surface area contributed by atoms with Gasteiger partial charge in [-0.1, -0.05) is 12.7 Å². The number of amidine groups is 1. The van der Waals surface area contributed by atoms with Crippen LogP contribution in [-0.2, 0) is 0 Å². The molecule has 138 valence electrons. The minimum atomic E-state index is -0.520. The molecular weight excluding hydrogens is 314 g/mol. The second kappa shape index (κ2) is 9.27. The minimum absolute atomic E-state index is 0.401. The number of guanidine groups is 1. The molecule has 2 rings (SSSR count).